The quantitative estimate of drug-likeness (QED) is 0.617. The molecule has 0 unspecified atom stereocenters. The van der Waals surface area contributed by atoms with Crippen molar-refractivity contribution in [3.63, 3.8) is 0 Å². The van der Waals surface area contributed by atoms with E-state index in [-0.39, 0.29) is 23.5 Å². The number of benzene rings is 1. The number of hydrogen-bond donors (Lipinski definition) is 1. The number of hydrogen-bond acceptors (Lipinski definition) is 5. The summed E-state index contributed by atoms with van der Waals surface area (Å²) in [6.07, 6.45) is 0.970. The predicted octanol–water partition coefficient (Wildman–Crippen LogP) is 1.58. The Morgan fingerprint density at radius 2 is 1.81 bits per heavy atom. The molecule has 1 aliphatic heterocycles. The summed E-state index contributed by atoms with van der Waals surface area (Å²) in [5.41, 5.74) is 0. The van der Waals surface area contributed by atoms with Crippen LogP contribution in [-0.4, -0.2) is 75.5 Å². The highest BCUT2D eigenvalue weighted by atomic mass is 35.5. The number of sulfonamides is 1. The largest absolute Gasteiger partial charge is 0.379 e. The van der Waals surface area contributed by atoms with Crippen LogP contribution in [-0.2, 0) is 19.6 Å². The van der Waals surface area contributed by atoms with Crippen LogP contribution in [0.25, 0.3) is 0 Å². The highest BCUT2D eigenvalue weighted by molar-refractivity contribution is 7.89. The van der Waals surface area contributed by atoms with Gasteiger partial charge in [0.15, 0.2) is 0 Å². The van der Waals surface area contributed by atoms with Crippen LogP contribution in [0.15, 0.2) is 29.2 Å². The minimum atomic E-state index is -3.52. The molecule has 0 spiro atoms. The fraction of sp³-hybridized carbons (Fsp3) is 0.611. The van der Waals surface area contributed by atoms with Gasteiger partial charge in [-0.3, -0.25) is 9.69 Å². The molecule has 0 radical (unpaired) electrons. The lowest BCUT2D eigenvalue weighted by atomic mass is 10.3. The summed E-state index contributed by atoms with van der Waals surface area (Å²) in [6.45, 7) is 7.21. The zero-order valence-electron chi connectivity index (χ0n) is 15.9. The van der Waals surface area contributed by atoms with E-state index >= 15 is 0 Å². The monoisotopic (exact) mass is 417 g/mol. The van der Waals surface area contributed by atoms with Gasteiger partial charge in [0.25, 0.3) is 0 Å². The number of nitrogens with zero attached hydrogens (tertiary/aromatic N) is 2. The van der Waals surface area contributed by atoms with Gasteiger partial charge in [-0.2, -0.15) is 4.31 Å². The molecule has 1 amide bonds. The molecule has 1 aromatic carbocycles. The molecular weight excluding hydrogens is 390 g/mol. The van der Waals surface area contributed by atoms with Crippen molar-refractivity contribution in [2.24, 2.45) is 0 Å². The van der Waals surface area contributed by atoms with E-state index in [0.29, 0.717) is 44.4 Å². The number of nitrogens with one attached hydrogen (secondary N) is 1. The van der Waals surface area contributed by atoms with Crippen LogP contribution >= 0.6 is 11.6 Å². The number of rotatable bonds is 9. The second-order valence-electron chi connectivity index (χ2n) is 6.76. The summed E-state index contributed by atoms with van der Waals surface area (Å²) in [7, 11) is -3.52. The normalized spacial score (nSPS) is 16.6. The summed E-state index contributed by atoms with van der Waals surface area (Å²) >= 11 is 5.82. The van der Waals surface area contributed by atoms with Gasteiger partial charge in [-0.05, 0) is 44.5 Å². The fourth-order valence-corrected chi connectivity index (χ4v) is 4.31. The van der Waals surface area contributed by atoms with E-state index < -0.39 is 10.0 Å². The van der Waals surface area contributed by atoms with Crippen LogP contribution < -0.4 is 5.32 Å². The van der Waals surface area contributed by atoms with Crippen molar-refractivity contribution in [2.45, 2.75) is 31.3 Å². The van der Waals surface area contributed by atoms with E-state index in [2.05, 4.69) is 5.32 Å². The molecule has 2 rings (SSSR count). The van der Waals surface area contributed by atoms with Gasteiger partial charge < -0.3 is 10.1 Å². The minimum absolute atomic E-state index is 0.0476. The maximum atomic E-state index is 12.7. The Kier molecular flexibility index (Phi) is 8.50. The Labute approximate surface area is 166 Å². The highest BCUT2D eigenvalue weighted by Gasteiger charge is 2.28. The lowest BCUT2D eigenvalue weighted by Crippen LogP contribution is -2.51. The van der Waals surface area contributed by atoms with Crippen molar-refractivity contribution in [1.29, 1.82) is 0 Å². The molecule has 1 aliphatic rings. The first kappa shape index (κ1) is 22.1. The second-order valence-corrected chi connectivity index (χ2v) is 9.13. The molecule has 0 bridgehead atoms. The van der Waals surface area contributed by atoms with Crippen molar-refractivity contribution in [3.8, 4) is 0 Å². The van der Waals surface area contributed by atoms with Gasteiger partial charge in [0.2, 0.25) is 15.9 Å². The van der Waals surface area contributed by atoms with E-state index in [9.17, 15) is 13.2 Å². The number of amides is 1. The molecule has 1 aromatic rings. The number of carbonyl (C=O) groups is 1. The topological polar surface area (TPSA) is 79.0 Å². The Morgan fingerprint density at radius 1 is 1.19 bits per heavy atom. The smallest absolute Gasteiger partial charge is 0.243 e. The summed E-state index contributed by atoms with van der Waals surface area (Å²) < 4.78 is 32.2. The molecule has 1 fully saturated rings. The first-order chi connectivity index (χ1) is 12.8. The molecule has 9 heteroatoms. The van der Waals surface area contributed by atoms with Gasteiger partial charge in [0.1, 0.15) is 0 Å². The van der Waals surface area contributed by atoms with E-state index in [1.807, 2.05) is 18.7 Å². The van der Waals surface area contributed by atoms with Gasteiger partial charge in [0, 0.05) is 44.4 Å². The predicted molar refractivity (Wildman–Crippen MR) is 105 cm³/mol. The van der Waals surface area contributed by atoms with Gasteiger partial charge in [-0.1, -0.05) is 11.6 Å². The molecule has 1 saturated heterocycles. The van der Waals surface area contributed by atoms with Crippen LogP contribution in [0.4, 0.5) is 0 Å². The number of ether oxygens (including phenoxy) is 1. The Bertz CT molecular complexity index is 702. The van der Waals surface area contributed by atoms with Crippen molar-refractivity contribution in [2.75, 3.05) is 45.9 Å². The third-order valence-electron chi connectivity index (χ3n) is 4.24. The van der Waals surface area contributed by atoms with Gasteiger partial charge in [-0.25, -0.2) is 8.42 Å². The van der Waals surface area contributed by atoms with Crippen LogP contribution in [0.1, 0.15) is 20.3 Å². The molecule has 0 atom stereocenters. The van der Waals surface area contributed by atoms with Crippen molar-refractivity contribution < 1.29 is 17.9 Å². The molecular formula is C18H28ClN3O4S. The molecule has 1 N–H and O–H groups in total. The Hall–Kier alpha value is -1.19. The third kappa shape index (κ3) is 7.04. The molecule has 0 aliphatic carbocycles. The first-order valence-electron chi connectivity index (χ1n) is 9.15. The van der Waals surface area contributed by atoms with Crippen LogP contribution in [0.3, 0.4) is 0 Å². The zero-order valence-corrected chi connectivity index (χ0v) is 17.4. The lowest BCUT2D eigenvalue weighted by molar-refractivity contribution is -0.122. The average molecular weight is 418 g/mol. The third-order valence-corrected chi connectivity index (χ3v) is 6.41. The summed E-state index contributed by atoms with van der Waals surface area (Å²) in [5.74, 6) is -0.0476. The lowest BCUT2D eigenvalue weighted by Gasteiger charge is -2.33. The maximum absolute atomic E-state index is 12.7. The van der Waals surface area contributed by atoms with E-state index in [0.717, 1.165) is 6.42 Å². The van der Waals surface area contributed by atoms with Gasteiger partial charge in [-0.15, -0.1) is 0 Å². The van der Waals surface area contributed by atoms with Gasteiger partial charge >= 0.3 is 0 Å². The highest BCUT2D eigenvalue weighted by Crippen LogP contribution is 2.19. The first-order valence-corrected chi connectivity index (χ1v) is 11.0. The molecule has 1 heterocycles. The van der Waals surface area contributed by atoms with Crippen LogP contribution in [0.5, 0.6) is 0 Å². The molecule has 152 valence electrons. The van der Waals surface area contributed by atoms with Crippen molar-refractivity contribution >= 4 is 27.5 Å². The fourth-order valence-electron chi connectivity index (χ4n) is 2.76. The molecule has 7 nitrogen and oxygen atoms in total. The second kappa shape index (κ2) is 10.4. The Morgan fingerprint density at radius 3 is 2.41 bits per heavy atom. The van der Waals surface area contributed by atoms with Crippen molar-refractivity contribution in [3.05, 3.63) is 29.3 Å². The summed E-state index contributed by atoms with van der Waals surface area (Å²) in [6, 6.07) is 6.17. The number of carbonyl (C=O) groups excluding carboxylic acids is 1. The Balaban J connectivity index is 1.73. The molecule has 0 aromatic heterocycles. The van der Waals surface area contributed by atoms with Gasteiger partial charge in [0.05, 0.1) is 17.5 Å². The zero-order chi connectivity index (χ0) is 19.9. The van der Waals surface area contributed by atoms with E-state index in [1.165, 1.54) is 16.4 Å². The standard InChI is InChI=1S/C18H28ClN3O4S/c1-15(2)26-13-3-8-20-18(23)14-21-9-11-22(12-10-21)27(24,25)17-6-4-16(19)5-7-17/h4-7,15H,3,8-14H2,1-2H3,(H,20,23). The summed E-state index contributed by atoms with van der Waals surface area (Å²) in [4.78, 5) is 14.2. The van der Waals surface area contributed by atoms with Crippen LogP contribution in [0.2, 0.25) is 5.02 Å². The average Bonchev–Trinajstić information content (AvgIpc) is 2.62. The molecule has 0 saturated carbocycles. The minimum Gasteiger partial charge on any atom is -0.379 e. The molecule has 27 heavy (non-hydrogen) atoms. The maximum Gasteiger partial charge on any atom is 0.243 e. The van der Waals surface area contributed by atoms with Crippen molar-refractivity contribution in [1.82, 2.24) is 14.5 Å². The van der Waals surface area contributed by atoms with E-state index in [4.69, 9.17) is 16.3 Å². The number of piperazine rings is 1. The van der Waals surface area contributed by atoms with E-state index in [1.54, 1.807) is 12.1 Å². The SMILES string of the molecule is CC(C)OCCCNC(=O)CN1CCN(S(=O)(=O)c2ccc(Cl)cc2)CC1. The summed E-state index contributed by atoms with van der Waals surface area (Å²) in [5, 5.41) is 3.37. The number of halogens is 1. The van der Waals surface area contributed by atoms with Crippen LogP contribution in [0, 0.1) is 0 Å².